The standard InChI is InChI=1S/C14H12N2O2/c1-16-8-7-10-5-3-4-6-11(10)13(16)12(9-15)14(17)18-2/h3-8H,1-2H3/b13-12-. The molecule has 0 bridgehead atoms. The zero-order valence-electron chi connectivity index (χ0n) is 10.2. The van der Waals surface area contributed by atoms with Crippen LogP contribution in [-0.2, 0) is 9.53 Å². The third-order valence-electron chi connectivity index (χ3n) is 2.78. The smallest absolute Gasteiger partial charge is 0.350 e. The molecule has 0 saturated heterocycles. The number of hydrogen-bond donors (Lipinski definition) is 0. The fourth-order valence-corrected chi connectivity index (χ4v) is 1.92. The number of methoxy groups -OCH3 is 1. The van der Waals surface area contributed by atoms with Crippen molar-refractivity contribution >= 4 is 17.7 Å². The van der Waals surface area contributed by atoms with E-state index in [1.165, 1.54) is 7.11 Å². The molecular weight excluding hydrogens is 228 g/mol. The Bertz CT molecular complexity index is 594. The van der Waals surface area contributed by atoms with Gasteiger partial charge in [0, 0.05) is 18.8 Å². The molecular formula is C14H12N2O2. The van der Waals surface area contributed by atoms with Gasteiger partial charge in [-0.3, -0.25) is 0 Å². The van der Waals surface area contributed by atoms with E-state index < -0.39 is 5.97 Å². The third-order valence-corrected chi connectivity index (χ3v) is 2.78. The second kappa shape index (κ2) is 4.76. The Balaban J connectivity index is 2.70. The minimum atomic E-state index is -0.621. The lowest BCUT2D eigenvalue weighted by Gasteiger charge is -2.25. The summed E-state index contributed by atoms with van der Waals surface area (Å²) in [5, 5.41) is 9.16. The van der Waals surface area contributed by atoms with E-state index in [0.29, 0.717) is 5.70 Å². The number of nitrogens with zero attached hydrogens (tertiary/aromatic N) is 2. The Morgan fingerprint density at radius 1 is 1.39 bits per heavy atom. The highest BCUT2D eigenvalue weighted by Crippen LogP contribution is 2.30. The zero-order chi connectivity index (χ0) is 13.1. The summed E-state index contributed by atoms with van der Waals surface area (Å²) in [6.45, 7) is 0. The number of rotatable bonds is 1. The first-order valence-electron chi connectivity index (χ1n) is 5.42. The lowest BCUT2D eigenvalue weighted by Crippen LogP contribution is -2.19. The van der Waals surface area contributed by atoms with Gasteiger partial charge in [0.15, 0.2) is 5.57 Å². The molecule has 1 aromatic carbocycles. The minimum Gasteiger partial charge on any atom is -0.465 e. The molecule has 18 heavy (non-hydrogen) atoms. The molecule has 90 valence electrons. The van der Waals surface area contributed by atoms with Crippen LogP contribution in [-0.4, -0.2) is 25.0 Å². The van der Waals surface area contributed by atoms with Crippen LogP contribution < -0.4 is 0 Å². The quantitative estimate of drug-likeness (QED) is 0.428. The van der Waals surface area contributed by atoms with Crippen LogP contribution >= 0.6 is 0 Å². The zero-order valence-corrected chi connectivity index (χ0v) is 10.2. The number of carbonyl (C=O) groups is 1. The maximum Gasteiger partial charge on any atom is 0.350 e. The highest BCUT2D eigenvalue weighted by atomic mass is 16.5. The maximum atomic E-state index is 11.6. The normalized spacial score (nSPS) is 15.7. The van der Waals surface area contributed by atoms with Crippen molar-refractivity contribution in [1.82, 2.24) is 4.90 Å². The van der Waals surface area contributed by atoms with Gasteiger partial charge in [-0.05, 0) is 11.6 Å². The number of fused-ring (bicyclic) bond motifs is 1. The molecule has 1 aliphatic rings. The largest absolute Gasteiger partial charge is 0.465 e. The number of hydrogen-bond acceptors (Lipinski definition) is 4. The molecule has 0 saturated carbocycles. The van der Waals surface area contributed by atoms with Gasteiger partial charge in [-0.15, -0.1) is 0 Å². The van der Waals surface area contributed by atoms with Crippen LogP contribution in [0.5, 0.6) is 0 Å². The summed E-state index contributed by atoms with van der Waals surface area (Å²) in [5.74, 6) is -0.621. The molecule has 1 heterocycles. The summed E-state index contributed by atoms with van der Waals surface area (Å²) < 4.78 is 4.65. The van der Waals surface area contributed by atoms with Gasteiger partial charge in [0.2, 0.25) is 0 Å². The highest BCUT2D eigenvalue weighted by Gasteiger charge is 2.23. The molecule has 0 atom stereocenters. The lowest BCUT2D eigenvalue weighted by atomic mass is 9.97. The van der Waals surface area contributed by atoms with Crippen molar-refractivity contribution in [2.45, 2.75) is 0 Å². The molecule has 4 heteroatoms. The summed E-state index contributed by atoms with van der Waals surface area (Å²) in [5.41, 5.74) is 2.41. The first kappa shape index (κ1) is 11.9. The Kier molecular flexibility index (Phi) is 3.16. The fourth-order valence-electron chi connectivity index (χ4n) is 1.92. The molecule has 0 aromatic heterocycles. The Morgan fingerprint density at radius 3 is 2.78 bits per heavy atom. The van der Waals surface area contributed by atoms with E-state index >= 15 is 0 Å². The summed E-state index contributed by atoms with van der Waals surface area (Å²) in [4.78, 5) is 13.4. The SMILES string of the molecule is COC(=O)/C(C#N)=C1/c2ccccc2C=CN1C. The van der Waals surface area contributed by atoms with E-state index in [4.69, 9.17) is 5.26 Å². The molecule has 0 radical (unpaired) electrons. The van der Waals surface area contributed by atoms with Gasteiger partial charge >= 0.3 is 5.97 Å². The number of benzene rings is 1. The summed E-state index contributed by atoms with van der Waals surface area (Å²) in [6.07, 6.45) is 3.75. The van der Waals surface area contributed by atoms with Gasteiger partial charge in [-0.25, -0.2) is 4.79 Å². The molecule has 4 nitrogen and oxygen atoms in total. The van der Waals surface area contributed by atoms with Crippen LogP contribution in [0, 0.1) is 11.3 Å². The molecule has 0 aliphatic carbocycles. The number of nitriles is 1. The highest BCUT2D eigenvalue weighted by molar-refractivity contribution is 6.02. The van der Waals surface area contributed by atoms with E-state index in [0.717, 1.165) is 11.1 Å². The molecule has 0 unspecified atom stereocenters. The number of esters is 1. The van der Waals surface area contributed by atoms with Gasteiger partial charge in [0.05, 0.1) is 12.8 Å². The van der Waals surface area contributed by atoms with Gasteiger partial charge < -0.3 is 9.64 Å². The van der Waals surface area contributed by atoms with Gasteiger partial charge in [0.1, 0.15) is 6.07 Å². The summed E-state index contributed by atoms with van der Waals surface area (Å²) in [6, 6.07) is 9.52. The first-order valence-corrected chi connectivity index (χ1v) is 5.42. The first-order chi connectivity index (χ1) is 8.69. The molecule has 1 aliphatic heterocycles. The van der Waals surface area contributed by atoms with Crippen LogP contribution in [0.4, 0.5) is 0 Å². The average molecular weight is 240 g/mol. The Labute approximate surface area is 105 Å². The van der Waals surface area contributed by atoms with Crippen LogP contribution in [0.15, 0.2) is 36.0 Å². The van der Waals surface area contributed by atoms with Gasteiger partial charge in [-0.1, -0.05) is 24.3 Å². The molecule has 0 fully saturated rings. The monoisotopic (exact) mass is 240 g/mol. The minimum absolute atomic E-state index is 0.0109. The van der Waals surface area contributed by atoms with Crippen LogP contribution in [0.3, 0.4) is 0 Å². The summed E-state index contributed by atoms with van der Waals surface area (Å²) >= 11 is 0. The fraction of sp³-hybridized carbons (Fsp3) is 0.143. The van der Waals surface area contributed by atoms with Crippen LogP contribution in [0.2, 0.25) is 0 Å². The van der Waals surface area contributed by atoms with Gasteiger partial charge in [0.25, 0.3) is 0 Å². The molecule has 0 amide bonds. The molecule has 0 N–H and O–H groups in total. The van der Waals surface area contributed by atoms with Gasteiger partial charge in [-0.2, -0.15) is 5.26 Å². The van der Waals surface area contributed by atoms with Crippen LogP contribution in [0.1, 0.15) is 11.1 Å². The van der Waals surface area contributed by atoms with E-state index in [1.807, 2.05) is 42.6 Å². The average Bonchev–Trinajstić information content (AvgIpc) is 2.41. The molecule has 1 aromatic rings. The molecule has 2 rings (SSSR count). The number of ether oxygens (including phenoxy) is 1. The number of carbonyl (C=O) groups excluding carboxylic acids is 1. The lowest BCUT2D eigenvalue weighted by molar-refractivity contribution is -0.135. The van der Waals surface area contributed by atoms with E-state index in [1.54, 1.807) is 11.9 Å². The van der Waals surface area contributed by atoms with Crippen molar-refractivity contribution in [3.63, 3.8) is 0 Å². The third kappa shape index (κ3) is 1.87. The van der Waals surface area contributed by atoms with Crippen LogP contribution in [0.25, 0.3) is 11.8 Å². The molecule has 0 spiro atoms. The Hall–Kier alpha value is -2.54. The second-order valence-corrected chi connectivity index (χ2v) is 3.84. The predicted molar refractivity (Wildman–Crippen MR) is 67.8 cm³/mol. The maximum absolute atomic E-state index is 11.6. The summed E-state index contributed by atoms with van der Waals surface area (Å²) in [7, 11) is 3.06. The van der Waals surface area contributed by atoms with E-state index in [9.17, 15) is 4.79 Å². The van der Waals surface area contributed by atoms with Crippen molar-refractivity contribution in [3.8, 4) is 6.07 Å². The van der Waals surface area contributed by atoms with Crippen molar-refractivity contribution < 1.29 is 9.53 Å². The Morgan fingerprint density at radius 2 is 2.11 bits per heavy atom. The van der Waals surface area contributed by atoms with E-state index in [2.05, 4.69) is 4.74 Å². The van der Waals surface area contributed by atoms with Crippen molar-refractivity contribution in [2.24, 2.45) is 0 Å². The topological polar surface area (TPSA) is 53.3 Å². The predicted octanol–water partition coefficient (Wildman–Crippen LogP) is 2.01. The second-order valence-electron chi connectivity index (χ2n) is 3.84. The van der Waals surface area contributed by atoms with Crippen molar-refractivity contribution in [3.05, 3.63) is 47.2 Å². The van der Waals surface area contributed by atoms with Crippen molar-refractivity contribution in [1.29, 1.82) is 5.26 Å². The van der Waals surface area contributed by atoms with Crippen molar-refractivity contribution in [2.75, 3.05) is 14.2 Å². The van der Waals surface area contributed by atoms with E-state index in [-0.39, 0.29) is 5.57 Å².